The highest BCUT2D eigenvalue weighted by molar-refractivity contribution is 7.89. The number of carbonyl (C=O) groups is 2. The summed E-state index contributed by atoms with van der Waals surface area (Å²) in [4.78, 5) is 25.0. The van der Waals surface area contributed by atoms with Crippen molar-refractivity contribution in [2.75, 3.05) is 24.5 Å². The Morgan fingerprint density at radius 1 is 1.20 bits per heavy atom. The number of imide groups is 1. The summed E-state index contributed by atoms with van der Waals surface area (Å²) in [6, 6.07) is 5.30. The van der Waals surface area contributed by atoms with E-state index in [1.54, 1.807) is 18.2 Å². The fraction of sp³-hybridized carbons (Fsp3) is 0.550. The van der Waals surface area contributed by atoms with E-state index in [2.05, 4.69) is 10.5 Å². The molecule has 0 atom stereocenters. The van der Waals surface area contributed by atoms with E-state index in [-0.39, 0.29) is 18.9 Å². The van der Waals surface area contributed by atoms with Crippen LogP contribution in [0, 0.1) is 5.92 Å². The van der Waals surface area contributed by atoms with Gasteiger partial charge in [0.15, 0.2) is 11.4 Å². The van der Waals surface area contributed by atoms with Gasteiger partial charge >= 0.3 is 6.03 Å². The van der Waals surface area contributed by atoms with E-state index in [9.17, 15) is 18.0 Å². The van der Waals surface area contributed by atoms with Crippen LogP contribution in [0.5, 0.6) is 0 Å². The van der Waals surface area contributed by atoms with Crippen molar-refractivity contribution in [3.05, 3.63) is 23.8 Å². The lowest BCUT2D eigenvalue weighted by molar-refractivity contribution is -0.120. The molecule has 1 aromatic heterocycles. The number of nitrogens with zero attached hydrogens (tertiary/aromatic N) is 3. The molecule has 9 nitrogen and oxygen atoms in total. The topological polar surface area (TPSA) is 113 Å². The van der Waals surface area contributed by atoms with Gasteiger partial charge in [0.1, 0.15) is 0 Å². The Kier molecular flexibility index (Phi) is 5.54. The number of rotatable bonds is 5. The molecule has 10 heteroatoms. The third-order valence-corrected chi connectivity index (χ3v) is 8.15. The highest BCUT2D eigenvalue weighted by Crippen LogP contribution is 2.30. The summed E-state index contributed by atoms with van der Waals surface area (Å²) in [6.45, 7) is 4.79. The number of nitrogens with one attached hydrogen (secondary N) is 1. The van der Waals surface area contributed by atoms with Crippen LogP contribution in [-0.4, -0.2) is 54.7 Å². The van der Waals surface area contributed by atoms with Gasteiger partial charge in [-0.25, -0.2) is 17.5 Å². The molecule has 2 aliphatic heterocycles. The van der Waals surface area contributed by atoms with E-state index in [4.69, 9.17) is 4.52 Å². The summed E-state index contributed by atoms with van der Waals surface area (Å²) in [6.07, 6.45) is 2.67. The van der Waals surface area contributed by atoms with Crippen LogP contribution in [-0.2, 0) is 21.2 Å². The van der Waals surface area contributed by atoms with E-state index < -0.39 is 21.3 Å². The van der Waals surface area contributed by atoms with Gasteiger partial charge < -0.3 is 4.52 Å². The molecule has 3 amide bonds. The number of carbonyl (C=O) groups excluding carboxylic acids is 2. The maximum atomic E-state index is 12.4. The molecular weight excluding hydrogens is 408 g/mol. The van der Waals surface area contributed by atoms with Crippen molar-refractivity contribution in [3.63, 3.8) is 0 Å². The maximum absolute atomic E-state index is 12.4. The van der Waals surface area contributed by atoms with Crippen molar-refractivity contribution in [1.82, 2.24) is 14.8 Å². The molecule has 2 aliphatic rings. The molecule has 1 aromatic carbocycles. The predicted octanol–water partition coefficient (Wildman–Crippen LogP) is 2.27. The van der Waals surface area contributed by atoms with Gasteiger partial charge in [-0.3, -0.25) is 15.0 Å². The molecule has 4 rings (SSSR count). The minimum Gasteiger partial charge on any atom is -0.354 e. The monoisotopic (exact) mass is 434 g/mol. The van der Waals surface area contributed by atoms with E-state index in [0.717, 1.165) is 30.2 Å². The molecule has 2 aromatic rings. The van der Waals surface area contributed by atoms with Gasteiger partial charge in [0.2, 0.25) is 15.9 Å². The first kappa shape index (κ1) is 20.8. The quantitative estimate of drug-likeness (QED) is 0.772. The third-order valence-electron chi connectivity index (χ3n) is 5.88. The van der Waals surface area contributed by atoms with Crippen molar-refractivity contribution in [2.45, 2.75) is 44.8 Å². The molecule has 162 valence electrons. The first-order chi connectivity index (χ1) is 14.3. The van der Waals surface area contributed by atoms with E-state index in [0.29, 0.717) is 30.4 Å². The third kappa shape index (κ3) is 3.93. The van der Waals surface area contributed by atoms with Crippen LogP contribution < -0.4 is 10.2 Å². The summed E-state index contributed by atoms with van der Waals surface area (Å²) in [7, 11) is -3.20. The molecule has 2 saturated heterocycles. The standard InChI is InChI=1S/C20H26N4O5S/c1-13(2)30(27,28)23-8-5-14(6-9-23)11-15-3-4-17-16(12-15)19(22-29-17)24-10-7-18(25)21-20(24)26/h3-4,12-14H,5-11H2,1-2H3,(H,21,25,26). The number of sulfonamides is 1. The number of piperidine rings is 1. The molecule has 2 fully saturated rings. The maximum Gasteiger partial charge on any atom is 0.329 e. The SMILES string of the molecule is CC(C)S(=O)(=O)N1CCC(Cc2ccc3onc(N4CCC(=O)NC4=O)c3c2)CC1. The largest absolute Gasteiger partial charge is 0.354 e. The summed E-state index contributed by atoms with van der Waals surface area (Å²) >= 11 is 0. The van der Waals surface area contributed by atoms with Crippen LogP contribution in [0.3, 0.4) is 0 Å². The number of urea groups is 1. The van der Waals surface area contributed by atoms with Crippen LogP contribution in [0.1, 0.15) is 38.7 Å². The first-order valence-electron chi connectivity index (χ1n) is 10.2. The van der Waals surface area contributed by atoms with E-state index >= 15 is 0 Å². The van der Waals surface area contributed by atoms with Crippen molar-refractivity contribution < 1.29 is 22.5 Å². The zero-order chi connectivity index (χ0) is 21.5. The second-order valence-corrected chi connectivity index (χ2v) is 10.7. The predicted molar refractivity (Wildman–Crippen MR) is 112 cm³/mol. The minimum absolute atomic E-state index is 0.220. The Bertz CT molecular complexity index is 1070. The second-order valence-electron chi connectivity index (χ2n) is 8.23. The second kappa shape index (κ2) is 7.99. The highest BCUT2D eigenvalue weighted by Gasteiger charge is 2.31. The van der Waals surface area contributed by atoms with Gasteiger partial charge in [-0.1, -0.05) is 11.2 Å². The molecule has 0 bridgehead atoms. The molecule has 3 heterocycles. The number of hydrogen-bond acceptors (Lipinski definition) is 6. The molecule has 0 saturated carbocycles. The van der Waals surface area contributed by atoms with Gasteiger partial charge in [0.05, 0.1) is 10.6 Å². The molecule has 1 N–H and O–H groups in total. The van der Waals surface area contributed by atoms with E-state index in [1.165, 1.54) is 4.90 Å². The summed E-state index contributed by atoms with van der Waals surface area (Å²) in [5, 5.41) is 6.68. The van der Waals surface area contributed by atoms with E-state index in [1.807, 2.05) is 18.2 Å². The first-order valence-corrected chi connectivity index (χ1v) is 11.7. The number of anilines is 1. The molecule has 0 aliphatic carbocycles. The van der Waals surface area contributed by atoms with Gasteiger partial charge in [0, 0.05) is 26.1 Å². The molecular formula is C20H26N4O5S. The van der Waals surface area contributed by atoms with Gasteiger partial charge in [-0.2, -0.15) is 0 Å². The van der Waals surface area contributed by atoms with Crippen LogP contribution in [0.15, 0.2) is 22.7 Å². The molecule has 0 radical (unpaired) electrons. The Labute approximate surface area is 175 Å². The van der Waals surface area contributed by atoms with Crippen LogP contribution in [0.25, 0.3) is 11.0 Å². The highest BCUT2D eigenvalue weighted by atomic mass is 32.2. The number of benzene rings is 1. The van der Waals surface area contributed by atoms with Crippen LogP contribution in [0.4, 0.5) is 10.6 Å². The van der Waals surface area contributed by atoms with Crippen molar-refractivity contribution >= 4 is 38.7 Å². The lowest BCUT2D eigenvalue weighted by Gasteiger charge is -2.32. The summed E-state index contributed by atoms with van der Waals surface area (Å²) in [5.74, 6) is 0.505. The Hall–Kier alpha value is -2.46. The molecule has 0 spiro atoms. The molecule has 0 unspecified atom stereocenters. The minimum atomic E-state index is -3.20. The Morgan fingerprint density at radius 2 is 1.93 bits per heavy atom. The van der Waals surface area contributed by atoms with Crippen molar-refractivity contribution in [2.24, 2.45) is 5.92 Å². The summed E-state index contributed by atoms with van der Waals surface area (Å²) in [5.41, 5.74) is 1.67. The fourth-order valence-corrected chi connectivity index (χ4v) is 5.38. The fourth-order valence-electron chi connectivity index (χ4n) is 4.06. The zero-order valence-corrected chi connectivity index (χ0v) is 17.9. The average molecular weight is 435 g/mol. The van der Waals surface area contributed by atoms with Crippen molar-refractivity contribution in [1.29, 1.82) is 0 Å². The Morgan fingerprint density at radius 3 is 2.60 bits per heavy atom. The normalized spacial score (nSPS) is 19.6. The van der Waals surface area contributed by atoms with Gasteiger partial charge in [0.25, 0.3) is 0 Å². The van der Waals surface area contributed by atoms with Crippen molar-refractivity contribution in [3.8, 4) is 0 Å². The lowest BCUT2D eigenvalue weighted by atomic mass is 9.90. The van der Waals surface area contributed by atoms with Gasteiger partial charge in [-0.15, -0.1) is 0 Å². The van der Waals surface area contributed by atoms with Gasteiger partial charge in [-0.05, 0) is 56.7 Å². The smallest absolute Gasteiger partial charge is 0.329 e. The van der Waals surface area contributed by atoms with Crippen LogP contribution >= 0.6 is 0 Å². The summed E-state index contributed by atoms with van der Waals surface area (Å²) < 4.78 is 31.7. The number of aromatic nitrogens is 1. The Balaban J connectivity index is 1.47. The number of hydrogen-bond donors (Lipinski definition) is 1. The number of amides is 3. The average Bonchev–Trinajstić information content (AvgIpc) is 3.11. The number of fused-ring (bicyclic) bond motifs is 1. The lowest BCUT2D eigenvalue weighted by Crippen LogP contribution is -2.49. The van der Waals surface area contributed by atoms with Crippen LogP contribution in [0.2, 0.25) is 0 Å². The molecule has 30 heavy (non-hydrogen) atoms. The zero-order valence-electron chi connectivity index (χ0n) is 17.1.